The van der Waals surface area contributed by atoms with Crippen LogP contribution in [-0.4, -0.2) is 10.2 Å². The van der Waals surface area contributed by atoms with Crippen LogP contribution < -0.4 is 15.9 Å². The van der Waals surface area contributed by atoms with Gasteiger partial charge >= 0.3 is 0 Å². The third kappa shape index (κ3) is 2.90. The SMILES string of the molecule is Oc1cc(F)c(O)c(F)c1P(c1ccccc1)c1ccccc1. The topological polar surface area (TPSA) is 40.5 Å². The molecule has 0 fully saturated rings. The fourth-order valence-electron chi connectivity index (χ4n) is 2.36. The molecule has 23 heavy (non-hydrogen) atoms. The lowest BCUT2D eigenvalue weighted by Crippen LogP contribution is -2.23. The van der Waals surface area contributed by atoms with Crippen LogP contribution in [0.3, 0.4) is 0 Å². The first-order valence-corrected chi connectivity index (χ1v) is 8.24. The van der Waals surface area contributed by atoms with Crippen molar-refractivity contribution in [3.8, 4) is 11.5 Å². The van der Waals surface area contributed by atoms with Crippen LogP contribution in [0.15, 0.2) is 66.7 Å². The molecule has 5 heteroatoms. The minimum atomic E-state index is -1.47. The van der Waals surface area contributed by atoms with E-state index in [4.69, 9.17) is 0 Å². The van der Waals surface area contributed by atoms with Crippen molar-refractivity contribution in [2.45, 2.75) is 0 Å². The van der Waals surface area contributed by atoms with E-state index in [1.54, 1.807) is 0 Å². The molecule has 0 radical (unpaired) electrons. The Morgan fingerprint density at radius 2 is 1.22 bits per heavy atom. The summed E-state index contributed by atoms with van der Waals surface area (Å²) in [6.45, 7) is 0. The molecule has 0 aliphatic heterocycles. The van der Waals surface area contributed by atoms with Crippen LogP contribution in [0.2, 0.25) is 0 Å². The van der Waals surface area contributed by atoms with Crippen molar-refractivity contribution in [2.75, 3.05) is 0 Å². The maximum Gasteiger partial charge on any atom is 0.188 e. The summed E-state index contributed by atoms with van der Waals surface area (Å²) < 4.78 is 28.0. The van der Waals surface area contributed by atoms with E-state index in [1.165, 1.54) is 0 Å². The number of aromatic hydroxyl groups is 2. The normalized spacial score (nSPS) is 10.9. The Morgan fingerprint density at radius 3 is 1.70 bits per heavy atom. The molecule has 0 unspecified atom stereocenters. The monoisotopic (exact) mass is 330 g/mol. The summed E-state index contributed by atoms with van der Waals surface area (Å²) >= 11 is 0. The van der Waals surface area contributed by atoms with Gasteiger partial charge in [-0.15, -0.1) is 0 Å². The lowest BCUT2D eigenvalue weighted by Gasteiger charge is -2.21. The smallest absolute Gasteiger partial charge is 0.188 e. The van der Waals surface area contributed by atoms with E-state index in [0.29, 0.717) is 0 Å². The largest absolute Gasteiger partial charge is 0.507 e. The van der Waals surface area contributed by atoms with Crippen molar-refractivity contribution in [3.63, 3.8) is 0 Å². The molecule has 2 N–H and O–H groups in total. The number of hydrogen-bond acceptors (Lipinski definition) is 2. The second kappa shape index (κ2) is 6.35. The fraction of sp³-hybridized carbons (Fsp3) is 0. The van der Waals surface area contributed by atoms with Gasteiger partial charge in [0.25, 0.3) is 0 Å². The van der Waals surface area contributed by atoms with Crippen LogP contribution in [0.5, 0.6) is 11.5 Å². The quantitative estimate of drug-likeness (QED) is 0.572. The van der Waals surface area contributed by atoms with E-state index in [2.05, 4.69) is 0 Å². The van der Waals surface area contributed by atoms with Gasteiger partial charge in [0.2, 0.25) is 0 Å². The highest BCUT2D eigenvalue weighted by molar-refractivity contribution is 7.80. The number of halogens is 2. The highest BCUT2D eigenvalue weighted by atomic mass is 31.1. The second-order valence-electron chi connectivity index (χ2n) is 4.90. The van der Waals surface area contributed by atoms with Gasteiger partial charge in [-0.2, -0.15) is 0 Å². The van der Waals surface area contributed by atoms with E-state index >= 15 is 0 Å². The minimum Gasteiger partial charge on any atom is -0.507 e. The van der Waals surface area contributed by atoms with Crippen LogP contribution in [0.25, 0.3) is 0 Å². The summed E-state index contributed by atoms with van der Waals surface area (Å²) in [5, 5.41) is 21.2. The Labute approximate surface area is 133 Å². The van der Waals surface area contributed by atoms with Crippen molar-refractivity contribution in [3.05, 3.63) is 78.4 Å². The Hall–Kier alpha value is -2.45. The van der Waals surface area contributed by atoms with Crippen molar-refractivity contribution in [1.29, 1.82) is 0 Å². The zero-order valence-corrected chi connectivity index (χ0v) is 12.8. The van der Waals surface area contributed by atoms with Crippen LogP contribution in [0, 0.1) is 11.6 Å². The molecule has 0 aromatic heterocycles. The minimum absolute atomic E-state index is 0.0868. The molecule has 0 saturated carbocycles. The van der Waals surface area contributed by atoms with Gasteiger partial charge in [-0.1, -0.05) is 60.7 Å². The molecule has 0 bridgehead atoms. The third-order valence-corrected chi connectivity index (χ3v) is 5.90. The Kier molecular flexibility index (Phi) is 4.26. The highest BCUT2D eigenvalue weighted by Crippen LogP contribution is 2.40. The third-order valence-electron chi connectivity index (χ3n) is 3.40. The number of hydrogen-bond donors (Lipinski definition) is 2. The molecular formula is C18H13F2O2P. The average Bonchev–Trinajstić information content (AvgIpc) is 2.58. The van der Waals surface area contributed by atoms with Gasteiger partial charge in [0, 0.05) is 6.07 Å². The van der Waals surface area contributed by atoms with E-state index in [-0.39, 0.29) is 5.30 Å². The van der Waals surface area contributed by atoms with Crippen molar-refractivity contribution < 1.29 is 19.0 Å². The Balaban J connectivity index is 2.28. The molecule has 3 aromatic rings. The predicted octanol–water partition coefficient (Wildman–Crippen LogP) is 3.13. The second-order valence-corrected chi connectivity index (χ2v) is 7.05. The number of phenols is 2. The lowest BCUT2D eigenvalue weighted by atomic mass is 10.3. The highest BCUT2D eigenvalue weighted by Gasteiger charge is 2.27. The van der Waals surface area contributed by atoms with Gasteiger partial charge in [-0.05, 0) is 18.5 Å². The van der Waals surface area contributed by atoms with Crippen molar-refractivity contribution in [2.24, 2.45) is 0 Å². The van der Waals surface area contributed by atoms with Crippen molar-refractivity contribution in [1.82, 2.24) is 0 Å². The van der Waals surface area contributed by atoms with Gasteiger partial charge < -0.3 is 10.2 Å². The standard InChI is InChI=1S/C18H13F2O2P/c19-14-11-15(21)18(16(20)17(14)22)23(12-7-3-1-4-8-12)13-9-5-2-6-10-13/h1-11,21-22H. The molecule has 3 aromatic carbocycles. The van der Waals surface area contributed by atoms with Gasteiger partial charge in [0.05, 0.1) is 5.30 Å². The lowest BCUT2D eigenvalue weighted by molar-refractivity contribution is 0.390. The molecule has 3 rings (SSSR count). The first kappa shape index (κ1) is 15.4. The Morgan fingerprint density at radius 1 is 0.739 bits per heavy atom. The van der Waals surface area contributed by atoms with E-state index in [1.807, 2.05) is 60.7 Å². The predicted molar refractivity (Wildman–Crippen MR) is 88.4 cm³/mol. The maximum absolute atomic E-state index is 14.5. The molecule has 0 saturated heterocycles. The van der Waals surface area contributed by atoms with E-state index in [0.717, 1.165) is 16.7 Å². The molecule has 0 spiro atoms. The van der Waals surface area contributed by atoms with Gasteiger partial charge in [0.1, 0.15) is 5.75 Å². The fourth-order valence-corrected chi connectivity index (χ4v) is 4.71. The summed E-state index contributed by atoms with van der Waals surface area (Å²) in [5.74, 6) is -3.88. The molecule has 2 nitrogen and oxygen atoms in total. The molecule has 0 aliphatic carbocycles. The summed E-state index contributed by atoms with van der Waals surface area (Å²) in [4.78, 5) is 0. The summed E-state index contributed by atoms with van der Waals surface area (Å²) in [6, 6.07) is 18.9. The van der Waals surface area contributed by atoms with Gasteiger partial charge in [-0.3, -0.25) is 0 Å². The number of rotatable bonds is 3. The summed E-state index contributed by atoms with van der Waals surface area (Å²) in [5.41, 5.74) is 0. The van der Waals surface area contributed by atoms with E-state index in [9.17, 15) is 19.0 Å². The number of phenolic OH excluding ortho intramolecular Hbond substituents is 2. The van der Waals surface area contributed by atoms with Crippen molar-refractivity contribution >= 4 is 23.8 Å². The van der Waals surface area contributed by atoms with Gasteiger partial charge in [0.15, 0.2) is 17.4 Å². The van der Waals surface area contributed by atoms with E-state index < -0.39 is 31.1 Å². The summed E-state index contributed by atoms with van der Waals surface area (Å²) in [6.07, 6.45) is 0. The van der Waals surface area contributed by atoms with Gasteiger partial charge in [-0.25, -0.2) is 8.78 Å². The average molecular weight is 330 g/mol. The van der Waals surface area contributed by atoms with Crippen LogP contribution >= 0.6 is 7.92 Å². The first-order chi connectivity index (χ1) is 11.1. The summed E-state index contributed by atoms with van der Waals surface area (Å²) in [7, 11) is -1.47. The maximum atomic E-state index is 14.5. The molecular weight excluding hydrogens is 317 g/mol. The molecule has 0 aliphatic rings. The zero-order chi connectivity index (χ0) is 16.4. The Bertz CT molecular complexity index is 784. The molecule has 0 heterocycles. The van der Waals surface area contributed by atoms with Crippen LogP contribution in [0.1, 0.15) is 0 Å². The molecule has 116 valence electrons. The van der Waals surface area contributed by atoms with Crippen LogP contribution in [-0.2, 0) is 0 Å². The zero-order valence-electron chi connectivity index (χ0n) is 11.9. The number of benzene rings is 3. The van der Waals surface area contributed by atoms with Crippen LogP contribution in [0.4, 0.5) is 8.78 Å². The first-order valence-electron chi connectivity index (χ1n) is 6.89. The molecule has 0 amide bonds. The molecule has 0 atom stereocenters.